The van der Waals surface area contributed by atoms with E-state index in [1.165, 1.54) is 6.42 Å². The molecule has 0 bridgehead atoms. The largest absolute Gasteiger partial charge is 0.367 e. The molecule has 3 nitrogen and oxygen atoms in total. The second-order valence-corrected chi connectivity index (χ2v) is 4.62. The summed E-state index contributed by atoms with van der Waals surface area (Å²) in [4.78, 5) is 8.68. The molecule has 76 valence electrons. The van der Waals surface area contributed by atoms with E-state index < -0.39 is 0 Å². The molecule has 2 rings (SSSR count). The Balaban J connectivity index is 2.12. The molecule has 0 radical (unpaired) electrons. The van der Waals surface area contributed by atoms with Crippen molar-refractivity contribution in [3.05, 3.63) is 16.5 Å². The van der Waals surface area contributed by atoms with Crippen LogP contribution in [0.2, 0.25) is 0 Å². The standard InChI is InChI=1S/C10H14BrN3/c1-3-9-13-8(11)5-10(14-9)12-7-4-6(7)2/h5-7H,3-4H2,1-2H3,(H,12,13,14). The maximum Gasteiger partial charge on any atom is 0.131 e. The zero-order valence-electron chi connectivity index (χ0n) is 8.42. The van der Waals surface area contributed by atoms with Crippen molar-refractivity contribution in [2.24, 2.45) is 5.92 Å². The molecule has 1 saturated carbocycles. The van der Waals surface area contributed by atoms with Crippen LogP contribution in [0.25, 0.3) is 0 Å². The molecule has 0 saturated heterocycles. The fourth-order valence-electron chi connectivity index (χ4n) is 1.41. The minimum atomic E-state index is 0.613. The Kier molecular flexibility index (Phi) is 2.72. The Morgan fingerprint density at radius 1 is 1.57 bits per heavy atom. The van der Waals surface area contributed by atoms with Crippen molar-refractivity contribution < 1.29 is 0 Å². The third kappa shape index (κ3) is 2.23. The lowest BCUT2D eigenvalue weighted by Gasteiger charge is -2.05. The predicted molar refractivity (Wildman–Crippen MR) is 60.3 cm³/mol. The summed E-state index contributed by atoms with van der Waals surface area (Å²) in [6.07, 6.45) is 2.12. The number of aryl methyl sites for hydroxylation is 1. The smallest absolute Gasteiger partial charge is 0.131 e. The number of hydrogen-bond donors (Lipinski definition) is 1. The van der Waals surface area contributed by atoms with Gasteiger partial charge in [0.25, 0.3) is 0 Å². The van der Waals surface area contributed by atoms with Crippen molar-refractivity contribution >= 4 is 21.7 Å². The zero-order valence-corrected chi connectivity index (χ0v) is 10.0. The van der Waals surface area contributed by atoms with Gasteiger partial charge in [0.05, 0.1) is 0 Å². The molecule has 1 N–H and O–H groups in total. The first-order chi connectivity index (χ1) is 6.69. The minimum absolute atomic E-state index is 0.613. The first kappa shape index (κ1) is 9.90. The highest BCUT2D eigenvalue weighted by Gasteiger charge is 2.32. The van der Waals surface area contributed by atoms with Crippen LogP contribution in [0.3, 0.4) is 0 Å². The molecule has 2 unspecified atom stereocenters. The van der Waals surface area contributed by atoms with E-state index in [-0.39, 0.29) is 0 Å². The Morgan fingerprint density at radius 3 is 2.86 bits per heavy atom. The quantitative estimate of drug-likeness (QED) is 0.845. The second-order valence-electron chi connectivity index (χ2n) is 3.81. The lowest BCUT2D eigenvalue weighted by Crippen LogP contribution is -2.07. The van der Waals surface area contributed by atoms with Gasteiger partial charge in [0.2, 0.25) is 0 Å². The average Bonchev–Trinajstić information content (AvgIpc) is 2.80. The lowest BCUT2D eigenvalue weighted by atomic mass is 10.4. The molecule has 0 spiro atoms. The SMILES string of the molecule is CCc1nc(Br)cc(NC2CC2C)n1. The normalized spacial score (nSPS) is 24.8. The van der Waals surface area contributed by atoms with E-state index in [0.29, 0.717) is 6.04 Å². The van der Waals surface area contributed by atoms with Gasteiger partial charge in [-0.05, 0) is 28.3 Å². The fourth-order valence-corrected chi connectivity index (χ4v) is 1.83. The molecule has 1 fully saturated rings. The molecule has 0 aromatic carbocycles. The molecular weight excluding hydrogens is 242 g/mol. The summed E-state index contributed by atoms with van der Waals surface area (Å²) in [7, 11) is 0. The van der Waals surface area contributed by atoms with Crippen molar-refractivity contribution in [1.29, 1.82) is 0 Å². The lowest BCUT2D eigenvalue weighted by molar-refractivity contribution is 0.895. The summed E-state index contributed by atoms with van der Waals surface area (Å²) in [6.45, 7) is 4.31. The molecule has 1 aromatic rings. The second kappa shape index (κ2) is 3.85. The van der Waals surface area contributed by atoms with Crippen LogP contribution in [0.4, 0.5) is 5.82 Å². The van der Waals surface area contributed by atoms with Crippen LogP contribution in [0.1, 0.15) is 26.1 Å². The van der Waals surface area contributed by atoms with E-state index in [4.69, 9.17) is 0 Å². The van der Waals surface area contributed by atoms with Crippen LogP contribution < -0.4 is 5.32 Å². The summed E-state index contributed by atoms with van der Waals surface area (Å²) in [5.41, 5.74) is 0. The van der Waals surface area contributed by atoms with Crippen molar-refractivity contribution in [2.75, 3.05) is 5.32 Å². The summed E-state index contributed by atoms with van der Waals surface area (Å²) < 4.78 is 0.861. The molecular formula is C10H14BrN3. The van der Waals surface area contributed by atoms with Crippen LogP contribution in [0.15, 0.2) is 10.7 Å². The molecule has 0 aliphatic heterocycles. The van der Waals surface area contributed by atoms with Crippen molar-refractivity contribution in [3.63, 3.8) is 0 Å². The van der Waals surface area contributed by atoms with Crippen LogP contribution in [0, 0.1) is 5.92 Å². The number of aromatic nitrogens is 2. The van der Waals surface area contributed by atoms with Crippen LogP contribution >= 0.6 is 15.9 Å². The van der Waals surface area contributed by atoms with E-state index in [1.807, 2.05) is 6.07 Å². The number of halogens is 1. The molecule has 1 heterocycles. The average molecular weight is 256 g/mol. The summed E-state index contributed by atoms with van der Waals surface area (Å²) in [5, 5.41) is 3.40. The molecule has 1 aliphatic rings. The van der Waals surface area contributed by atoms with E-state index in [0.717, 1.165) is 28.6 Å². The van der Waals surface area contributed by atoms with Gasteiger partial charge in [0.15, 0.2) is 0 Å². The summed E-state index contributed by atoms with van der Waals surface area (Å²) >= 11 is 3.39. The fraction of sp³-hybridized carbons (Fsp3) is 0.600. The van der Waals surface area contributed by atoms with Gasteiger partial charge < -0.3 is 5.32 Å². The molecule has 1 aromatic heterocycles. The number of rotatable bonds is 3. The monoisotopic (exact) mass is 255 g/mol. The maximum absolute atomic E-state index is 4.41. The van der Waals surface area contributed by atoms with E-state index in [2.05, 4.69) is 45.1 Å². The Hall–Kier alpha value is -0.640. The van der Waals surface area contributed by atoms with Gasteiger partial charge in [-0.3, -0.25) is 0 Å². The first-order valence-corrected chi connectivity index (χ1v) is 5.78. The van der Waals surface area contributed by atoms with Gasteiger partial charge in [0, 0.05) is 18.5 Å². The highest BCUT2D eigenvalue weighted by molar-refractivity contribution is 9.10. The topological polar surface area (TPSA) is 37.8 Å². The van der Waals surface area contributed by atoms with Gasteiger partial charge >= 0.3 is 0 Å². The Labute approximate surface area is 92.5 Å². The van der Waals surface area contributed by atoms with Gasteiger partial charge in [-0.15, -0.1) is 0 Å². The van der Waals surface area contributed by atoms with E-state index in [1.54, 1.807) is 0 Å². The third-order valence-electron chi connectivity index (χ3n) is 2.50. The molecule has 1 aliphatic carbocycles. The number of anilines is 1. The van der Waals surface area contributed by atoms with Gasteiger partial charge in [-0.1, -0.05) is 13.8 Å². The highest BCUT2D eigenvalue weighted by Crippen LogP contribution is 2.32. The van der Waals surface area contributed by atoms with Crippen molar-refractivity contribution in [2.45, 2.75) is 32.7 Å². The van der Waals surface area contributed by atoms with Gasteiger partial charge in [-0.2, -0.15) is 0 Å². The summed E-state index contributed by atoms with van der Waals surface area (Å²) in [5.74, 6) is 2.61. The van der Waals surface area contributed by atoms with Crippen molar-refractivity contribution in [3.8, 4) is 0 Å². The minimum Gasteiger partial charge on any atom is -0.367 e. The van der Waals surface area contributed by atoms with Crippen LogP contribution in [0.5, 0.6) is 0 Å². The van der Waals surface area contributed by atoms with E-state index in [9.17, 15) is 0 Å². The third-order valence-corrected chi connectivity index (χ3v) is 2.91. The number of hydrogen-bond acceptors (Lipinski definition) is 3. The highest BCUT2D eigenvalue weighted by atomic mass is 79.9. The summed E-state index contributed by atoms with van der Waals surface area (Å²) in [6, 6.07) is 2.55. The predicted octanol–water partition coefficient (Wildman–Crippen LogP) is 2.62. The van der Waals surface area contributed by atoms with Crippen molar-refractivity contribution in [1.82, 2.24) is 9.97 Å². The molecule has 0 amide bonds. The number of nitrogens with one attached hydrogen (secondary N) is 1. The molecule has 14 heavy (non-hydrogen) atoms. The van der Waals surface area contributed by atoms with E-state index >= 15 is 0 Å². The van der Waals surface area contributed by atoms with Crippen LogP contribution in [-0.4, -0.2) is 16.0 Å². The Bertz CT molecular complexity index is 340. The Morgan fingerprint density at radius 2 is 2.29 bits per heavy atom. The first-order valence-electron chi connectivity index (χ1n) is 4.99. The van der Waals surface area contributed by atoms with Gasteiger partial charge in [0.1, 0.15) is 16.2 Å². The zero-order chi connectivity index (χ0) is 10.1. The van der Waals surface area contributed by atoms with Crippen LogP contribution in [-0.2, 0) is 6.42 Å². The maximum atomic E-state index is 4.41. The van der Waals surface area contributed by atoms with Gasteiger partial charge in [-0.25, -0.2) is 9.97 Å². The molecule has 2 atom stereocenters. The molecule has 4 heteroatoms. The number of nitrogens with zero attached hydrogens (tertiary/aromatic N) is 2.